The molecule has 0 bridgehead atoms. The number of ether oxygens (including phenoxy) is 2. The zero-order valence-electron chi connectivity index (χ0n) is 17.5. The number of nitrogens with zero attached hydrogens (tertiary/aromatic N) is 2. The highest BCUT2D eigenvalue weighted by Gasteiger charge is 2.13. The van der Waals surface area contributed by atoms with E-state index in [9.17, 15) is 9.59 Å². The first-order valence-corrected chi connectivity index (χ1v) is 10.1. The minimum Gasteiger partial charge on any atom is -0.496 e. The van der Waals surface area contributed by atoms with Crippen LogP contribution in [-0.2, 0) is 16.2 Å². The molecule has 0 aliphatic heterocycles. The van der Waals surface area contributed by atoms with E-state index in [1.54, 1.807) is 37.4 Å². The summed E-state index contributed by atoms with van der Waals surface area (Å²) in [6.07, 6.45) is 1.39. The van der Waals surface area contributed by atoms with Crippen LogP contribution in [0.5, 0.6) is 11.5 Å². The lowest BCUT2D eigenvalue weighted by atomic mass is 10.1. The molecule has 0 aliphatic carbocycles. The van der Waals surface area contributed by atoms with Gasteiger partial charge in [0.15, 0.2) is 0 Å². The van der Waals surface area contributed by atoms with Crippen molar-refractivity contribution in [1.82, 2.24) is 5.43 Å². The lowest BCUT2D eigenvalue weighted by molar-refractivity contribution is -0.136. The molecule has 3 aromatic rings. The molecule has 3 aromatic carbocycles. The van der Waals surface area contributed by atoms with E-state index in [1.807, 2.05) is 18.2 Å². The Kier molecular flexibility index (Phi) is 8.00. The Morgan fingerprint density at radius 2 is 1.82 bits per heavy atom. The van der Waals surface area contributed by atoms with Gasteiger partial charge >= 0.3 is 11.8 Å². The fourth-order valence-corrected chi connectivity index (χ4v) is 2.93. The monoisotopic (exact) mass is 462 g/mol. The second-order valence-corrected chi connectivity index (χ2v) is 7.04. The minimum absolute atomic E-state index is 0.202. The highest BCUT2D eigenvalue weighted by atomic mass is 35.5. The quantitative estimate of drug-likeness (QED) is 0.314. The molecule has 0 fully saturated rings. The predicted molar refractivity (Wildman–Crippen MR) is 124 cm³/mol. The van der Waals surface area contributed by atoms with Crippen LogP contribution in [0.15, 0.2) is 71.8 Å². The molecular weight excluding hydrogens is 444 g/mol. The number of hydrogen-bond acceptors (Lipinski definition) is 6. The molecule has 2 amide bonds. The molecule has 0 heterocycles. The van der Waals surface area contributed by atoms with Crippen molar-refractivity contribution in [3.8, 4) is 17.6 Å². The average molecular weight is 463 g/mol. The molecule has 166 valence electrons. The standard InChI is InChI=1S/C24H19ClN4O4/c1-32-21-11-8-17(12-18(21)15-33-22-5-3-2-4-20(22)25)14-27-29-24(31)23(30)28-19-9-6-16(13-26)7-10-19/h2-12,14H,15H2,1H3,(H,28,30)(H,29,31)/b27-14+. The fourth-order valence-electron chi connectivity index (χ4n) is 2.74. The number of benzene rings is 3. The van der Waals surface area contributed by atoms with Gasteiger partial charge in [-0.3, -0.25) is 9.59 Å². The summed E-state index contributed by atoms with van der Waals surface area (Å²) in [7, 11) is 1.55. The van der Waals surface area contributed by atoms with E-state index in [2.05, 4.69) is 15.8 Å². The van der Waals surface area contributed by atoms with Gasteiger partial charge in [0.2, 0.25) is 0 Å². The van der Waals surface area contributed by atoms with Crippen LogP contribution in [0.2, 0.25) is 5.02 Å². The molecule has 0 atom stereocenters. The fraction of sp³-hybridized carbons (Fsp3) is 0.0833. The number of amides is 2. The maximum Gasteiger partial charge on any atom is 0.329 e. The molecule has 0 unspecified atom stereocenters. The van der Waals surface area contributed by atoms with Crippen molar-refractivity contribution in [3.05, 3.63) is 88.4 Å². The summed E-state index contributed by atoms with van der Waals surface area (Å²) in [5.41, 5.74) is 4.40. The Labute approximate surface area is 195 Å². The Morgan fingerprint density at radius 1 is 1.06 bits per heavy atom. The number of methoxy groups -OCH3 is 1. The van der Waals surface area contributed by atoms with Gasteiger partial charge in [-0.25, -0.2) is 5.43 Å². The third-order valence-corrected chi connectivity index (χ3v) is 4.69. The van der Waals surface area contributed by atoms with Gasteiger partial charge in [0.25, 0.3) is 0 Å². The maximum atomic E-state index is 12.0. The van der Waals surface area contributed by atoms with E-state index in [0.29, 0.717) is 33.3 Å². The molecule has 3 rings (SSSR count). The summed E-state index contributed by atoms with van der Waals surface area (Å²) in [5, 5.41) is 15.5. The number of carbonyl (C=O) groups is 2. The predicted octanol–water partition coefficient (Wildman–Crippen LogP) is 3.89. The van der Waals surface area contributed by atoms with Gasteiger partial charge in [-0.2, -0.15) is 10.4 Å². The molecule has 0 aliphatic rings. The Morgan fingerprint density at radius 3 is 2.52 bits per heavy atom. The van der Waals surface area contributed by atoms with E-state index in [0.717, 1.165) is 5.56 Å². The topological polar surface area (TPSA) is 113 Å². The van der Waals surface area contributed by atoms with Gasteiger partial charge in [0, 0.05) is 11.3 Å². The Hall–Kier alpha value is -4.35. The molecule has 33 heavy (non-hydrogen) atoms. The Balaban J connectivity index is 1.60. The first kappa shape index (κ1) is 23.3. The van der Waals surface area contributed by atoms with E-state index in [-0.39, 0.29) is 6.61 Å². The summed E-state index contributed by atoms with van der Waals surface area (Å²) in [6.45, 7) is 0.202. The molecule has 0 saturated heterocycles. The van der Waals surface area contributed by atoms with Crippen molar-refractivity contribution in [2.45, 2.75) is 6.61 Å². The van der Waals surface area contributed by atoms with Crippen LogP contribution >= 0.6 is 11.6 Å². The molecule has 0 aromatic heterocycles. The normalized spacial score (nSPS) is 10.3. The molecule has 2 N–H and O–H groups in total. The average Bonchev–Trinajstić information content (AvgIpc) is 2.84. The zero-order chi connectivity index (χ0) is 23.6. The number of carbonyl (C=O) groups excluding carboxylic acids is 2. The number of rotatable bonds is 7. The number of nitriles is 1. The zero-order valence-corrected chi connectivity index (χ0v) is 18.3. The number of hydrogen-bond donors (Lipinski definition) is 2. The molecule has 0 spiro atoms. The van der Waals surface area contributed by atoms with E-state index < -0.39 is 11.8 Å². The summed E-state index contributed by atoms with van der Waals surface area (Å²) >= 11 is 6.12. The maximum absolute atomic E-state index is 12.0. The summed E-state index contributed by atoms with van der Waals surface area (Å²) < 4.78 is 11.1. The van der Waals surface area contributed by atoms with Gasteiger partial charge < -0.3 is 14.8 Å². The molecule has 0 saturated carbocycles. The lowest BCUT2D eigenvalue weighted by Crippen LogP contribution is -2.32. The van der Waals surface area contributed by atoms with Crippen molar-refractivity contribution in [2.75, 3.05) is 12.4 Å². The van der Waals surface area contributed by atoms with Crippen molar-refractivity contribution in [1.29, 1.82) is 5.26 Å². The number of halogens is 1. The molecule has 9 heteroatoms. The highest BCUT2D eigenvalue weighted by Crippen LogP contribution is 2.26. The number of hydrazone groups is 1. The van der Waals surface area contributed by atoms with Gasteiger partial charge in [-0.15, -0.1) is 0 Å². The lowest BCUT2D eigenvalue weighted by Gasteiger charge is -2.12. The smallest absolute Gasteiger partial charge is 0.329 e. The largest absolute Gasteiger partial charge is 0.496 e. The van der Waals surface area contributed by atoms with Crippen LogP contribution in [0.1, 0.15) is 16.7 Å². The summed E-state index contributed by atoms with van der Waals surface area (Å²) in [4.78, 5) is 24.0. The summed E-state index contributed by atoms with van der Waals surface area (Å²) in [5.74, 6) is -0.669. The number of anilines is 1. The number of para-hydroxylation sites is 1. The first-order chi connectivity index (χ1) is 16.0. The SMILES string of the molecule is COc1ccc(/C=N/NC(=O)C(=O)Nc2ccc(C#N)cc2)cc1COc1ccccc1Cl. The minimum atomic E-state index is -0.939. The first-order valence-electron chi connectivity index (χ1n) is 9.69. The van der Waals surface area contributed by atoms with Crippen LogP contribution in [0.4, 0.5) is 5.69 Å². The molecular formula is C24H19ClN4O4. The Bertz CT molecular complexity index is 1220. The van der Waals surface area contributed by atoms with E-state index in [1.165, 1.54) is 30.5 Å². The van der Waals surface area contributed by atoms with E-state index in [4.69, 9.17) is 26.3 Å². The van der Waals surface area contributed by atoms with Crippen molar-refractivity contribution in [2.24, 2.45) is 5.10 Å². The molecule has 0 radical (unpaired) electrons. The van der Waals surface area contributed by atoms with Gasteiger partial charge in [0.05, 0.1) is 30.0 Å². The van der Waals surface area contributed by atoms with Crippen LogP contribution in [0.3, 0.4) is 0 Å². The van der Waals surface area contributed by atoms with Crippen molar-refractivity contribution < 1.29 is 19.1 Å². The van der Waals surface area contributed by atoms with Crippen LogP contribution < -0.4 is 20.2 Å². The van der Waals surface area contributed by atoms with Crippen molar-refractivity contribution >= 4 is 35.3 Å². The third kappa shape index (κ3) is 6.56. The van der Waals surface area contributed by atoms with Crippen molar-refractivity contribution in [3.63, 3.8) is 0 Å². The summed E-state index contributed by atoms with van der Waals surface area (Å²) in [6, 6.07) is 20.5. The van der Waals surface area contributed by atoms with E-state index >= 15 is 0 Å². The molecule has 8 nitrogen and oxygen atoms in total. The van der Waals surface area contributed by atoms with Gasteiger partial charge in [-0.1, -0.05) is 23.7 Å². The van der Waals surface area contributed by atoms with Gasteiger partial charge in [-0.05, 0) is 60.2 Å². The number of nitrogens with one attached hydrogen (secondary N) is 2. The van der Waals surface area contributed by atoms with Crippen LogP contribution in [0.25, 0.3) is 0 Å². The van der Waals surface area contributed by atoms with Crippen LogP contribution in [-0.4, -0.2) is 25.1 Å². The van der Waals surface area contributed by atoms with Crippen LogP contribution in [0, 0.1) is 11.3 Å². The second kappa shape index (κ2) is 11.3. The van der Waals surface area contributed by atoms with Gasteiger partial charge in [0.1, 0.15) is 18.1 Å². The second-order valence-electron chi connectivity index (χ2n) is 6.63. The highest BCUT2D eigenvalue weighted by molar-refractivity contribution is 6.39. The third-order valence-electron chi connectivity index (χ3n) is 4.38.